The van der Waals surface area contributed by atoms with Crippen LogP contribution in [0.3, 0.4) is 0 Å². The molecule has 1 heterocycles. The second kappa shape index (κ2) is 5.83. The SMILES string of the molecule is CCCC1CC(=O)N(Cc2cc(F)ccc2C#N)C1. The Hall–Kier alpha value is -1.89. The maximum absolute atomic E-state index is 13.2. The monoisotopic (exact) mass is 260 g/mol. The molecule has 1 fully saturated rings. The summed E-state index contributed by atoms with van der Waals surface area (Å²) in [5, 5.41) is 9.01. The Balaban J connectivity index is 2.12. The molecule has 19 heavy (non-hydrogen) atoms. The van der Waals surface area contributed by atoms with Gasteiger partial charge in [0, 0.05) is 19.5 Å². The van der Waals surface area contributed by atoms with Crippen molar-refractivity contribution in [3.63, 3.8) is 0 Å². The van der Waals surface area contributed by atoms with Gasteiger partial charge in [-0.3, -0.25) is 4.79 Å². The molecule has 1 aromatic rings. The van der Waals surface area contributed by atoms with Crippen LogP contribution >= 0.6 is 0 Å². The number of rotatable bonds is 4. The number of likely N-dealkylation sites (tertiary alicyclic amines) is 1. The van der Waals surface area contributed by atoms with Crippen molar-refractivity contribution in [1.82, 2.24) is 4.90 Å². The fourth-order valence-corrected chi connectivity index (χ4v) is 2.62. The van der Waals surface area contributed by atoms with Gasteiger partial charge in [-0.25, -0.2) is 4.39 Å². The molecule has 2 rings (SSSR count). The Bertz CT molecular complexity index is 521. The summed E-state index contributed by atoms with van der Waals surface area (Å²) in [5.74, 6) is 0.133. The van der Waals surface area contributed by atoms with Crippen LogP contribution in [0.4, 0.5) is 4.39 Å². The quantitative estimate of drug-likeness (QED) is 0.835. The van der Waals surface area contributed by atoms with Crippen LogP contribution in [0.5, 0.6) is 0 Å². The van der Waals surface area contributed by atoms with E-state index in [1.165, 1.54) is 18.2 Å². The summed E-state index contributed by atoms with van der Waals surface area (Å²) in [7, 11) is 0. The van der Waals surface area contributed by atoms with Crippen LogP contribution in [0.1, 0.15) is 37.3 Å². The molecular formula is C15H17FN2O. The smallest absolute Gasteiger partial charge is 0.223 e. The van der Waals surface area contributed by atoms with Gasteiger partial charge in [0.1, 0.15) is 5.82 Å². The number of carbonyl (C=O) groups is 1. The first-order valence-electron chi connectivity index (χ1n) is 6.60. The standard InChI is InChI=1S/C15H17FN2O/c1-2-3-11-6-15(19)18(9-11)10-13-7-14(16)5-4-12(13)8-17/h4-5,7,11H,2-3,6,9-10H2,1H3. The third kappa shape index (κ3) is 3.11. The van der Waals surface area contributed by atoms with Crippen LogP contribution in [0.15, 0.2) is 18.2 Å². The summed E-state index contributed by atoms with van der Waals surface area (Å²) in [6.07, 6.45) is 2.68. The molecule has 1 saturated heterocycles. The lowest BCUT2D eigenvalue weighted by Crippen LogP contribution is -2.25. The van der Waals surface area contributed by atoms with E-state index in [9.17, 15) is 9.18 Å². The van der Waals surface area contributed by atoms with Crippen LogP contribution < -0.4 is 0 Å². The lowest BCUT2D eigenvalue weighted by molar-refractivity contribution is -0.128. The van der Waals surface area contributed by atoms with Gasteiger partial charge in [0.15, 0.2) is 0 Å². The summed E-state index contributed by atoms with van der Waals surface area (Å²) in [5.41, 5.74) is 1.03. The maximum Gasteiger partial charge on any atom is 0.223 e. The van der Waals surface area contributed by atoms with E-state index in [0.717, 1.165) is 12.8 Å². The molecule has 1 aliphatic heterocycles. The van der Waals surface area contributed by atoms with Gasteiger partial charge in [-0.1, -0.05) is 13.3 Å². The Kier molecular flexibility index (Phi) is 4.16. The van der Waals surface area contributed by atoms with Crippen LogP contribution in [0.25, 0.3) is 0 Å². The summed E-state index contributed by atoms with van der Waals surface area (Å²) >= 11 is 0. The number of hydrogen-bond donors (Lipinski definition) is 0. The van der Waals surface area contributed by atoms with Crippen molar-refractivity contribution in [2.75, 3.05) is 6.54 Å². The van der Waals surface area contributed by atoms with Crippen molar-refractivity contribution < 1.29 is 9.18 Å². The van der Waals surface area contributed by atoms with Crippen LogP contribution in [-0.4, -0.2) is 17.4 Å². The first kappa shape index (κ1) is 13.5. The molecule has 0 bridgehead atoms. The van der Waals surface area contributed by atoms with E-state index in [-0.39, 0.29) is 11.7 Å². The molecule has 0 radical (unpaired) electrons. The molecule has 0 saturated carbocycles. The van der Waals surface area contributed by atoms with E-state index < -0.39 is 0 Å². The summed E-state index contributed by atoms with van der Waals surface area (Å²) in [6, 6.07) is 6.13. The van der Waals surface area contributed by atoms with Crippen LogP contribution in [0.2, 0.25) is 0 Å². The minimum atomic E-state index is -0.370. The second-order valence-corrected chi connectivity index (χ2v) is 5.05. The van der Waals surface area contributed by atoms with Gasteiger partial charge in [-0.05, 0) is 36.1 Å². The number of amides is 1. The van der Waals surface area contributed by atoms with Gasteiger partial charge in [0.2, 0.25) is 5.91 Å². The van der Waals surface area contributed by atoms with Crippen molar-refractivity contribution >= 4 is 5.91 Å². The van der Waals surface area contributed by atoms with Gasteiger partial charge < -0.3 is 4.90 Å². The van der Waals surface area contributed by atoms with Gasteiger partial charge in [0.25, 0.3) is 0 Å². The van der Waals surface area contributed by atoms with E-state index in [1.54, 1.807) is 4.90 Å². The topological polar surface area (TPSA) is 44.1 Å². The number of carbonyl (C=O) groups excluding carboxylic acids is 1. The van der Waals surface area contributed by atoms with E-state index in [1.807, 2.05) is 6.07 Å². The van der Waals surface area contributed by atoms with Crippen LogP contribution in [-0.2, 0) is 11.3 Å². The van der Waals surface area contributed by atoms with E-state index >= 15 is 0 Å². The zero-order chi connectivity index (χ0) is 13.8. The molecule has 100 valence electrons. The number of hydrogen-bond acceptors (Lipinski definition) is 2. The zero-order valence-corrected chi connectivity index (χ0v) is 11.0. The molecule has 4 heteroatoms. The number of halogens is 1. The van der Waals surface area contributed by atoms with E-state index in [4.69, 9.17) is 5.26 Å². The fourth-order valence-electron chi connectivity index (χ4n) is 2.62. The number of nitriles is 1. The summed E-state index contributed by atoms with van der Waals surface area (Å²) < 4.78 is 13.2. The van der Waals surface area contributed by atoms with Gasteiger partial charge >= 0.3 is 0 Å². The Labute approximate surface area is 112 Å². The Morgan fingerprint density at radius 2 is 2.32 bits per heavy atom. The Morgan fingerprint density at radius 3 is 3.00 bits per heavy atom. The molecule has 1 aliphatic rings. The molecule has 0 spiro atoms. The average molecular weight is 260 g/mol. The lowest BCUT2D eigenvalue weighted by atomic mass is 10.0. The normalized spacial score (nSPS) is 18.7. The predicted octanol–water partition coefficient (Wildman–Crippen LogP) is 2.85. The average Bonchev–Trinajstić information content (AvgIpc) is 2.71. The third-order valence-electron chi connectivity index (χ3n) is 3.54. The van der Waals surface area contributed by atoms with Crippen molar-refractivity contribution in [2.24, 2.45) is 5.92 Å². The summed E-state index contributed by atoms with van der Waals surface area (Å²) in [6.45, 7) is 3.15. The zero-order valence-electron chi connectivity index (χ0n) is 11.0. The molecule has 3 nitrogen and oxygen atoms in total. The minimum Gasteiger partial charge on any atom is -0.338 e. The minimum absolute atomic E-state index is 0.103. The molecule has 1 amide bonds. The highest BCUT2D eigenvalue weighted by Crippen LogP contribution is 2.24. The van der Waals surface area contributed by atoms with Gasteiger partial charge in [-0.2, -0.15) is 5.26 Å². The molecule has 1 atom stereocenters. The van der Waals surface area contributed by atoms with Crippen LogP contribution in [0, 0.1) is 23.1 Å². The van der Waals surface area contributed by atoms with Gasteiger partial charge in [-0.15, -0.1) is 0 Å². The molecule has 1 unspecified atom stereocenters. The lowest BCUT2D eigenvalue weighted by Gasteiger charge is -2.17. The molecule has 1 aromatic carbocycles. The van der Waals surface area contributed by atoms with Gasteiger partial charge in [0.05, 0.1) is 11.6 Å². The first-order chi connectivity index (χ1) is 9.13. The van der Waals surface area contributed by atoms with Crippen molar-refractivity contribution in [1.29, 1.82) is 5.26 Å². The Morgan fingerprint density at radius 1 is 1.53 bits per heavy atom. The molecular weight excluding hydrogens is 243 g/mol. The molecule has 0 aromatic heterocycles. The highest BCUT2D eigenvalue weighted by Gasteiger charge is 2.29. The highest BCUT2D eigenvalue weighted by atomic mass is 19.1. The van der Waals surface area contributed by atoms with E-state index in [0.29, 0.717) is 36.6 Å². The largest absolute Gasteiger partial charge is 0.338 e. The van der Waals surface area contributed by atoms with Crippen molar-refractivity contribution in [3.05, 3.63) is 35.1 Å². The second-order valence-electron chi connectivity index (χ2n) is 5.05. The van der Waals surface area contributed by atoms with Crippen molar-refractivity contribution in [2.45, 2.75) is 32.7 Å². The maximum atomic E-state index is 13.2. The predicted molar refractivity (Wildman–Crippen MR) is 69.5 cm³/mol. The first-order valence-corrected chi connectivity index (χ1v) is 6.60. The fraction of sp³-hybridized carbons (Fsp3) is 0.467. The third-order valence-corrected chi connectivity index (χ3v) is 3.54. The number of benzene rings is 1. The van der Waals surface area contributed by atoms with E-state index in [2.05, 4.69) is 6.92 Å². The summed E-state index contributed by atoms with van der Waals surface area (Å²) in [4.78, 5) is 13.6. The highest BCUT2D eigenvalue weighted by molar-refractivity contribution is 5.78. The molecule has 0 N–H and O–H groups in total. The number of nitrogens with zero attached hydrogens (tertiary/aromatic N) is 2. The van der Waals surface area contributed by atoms with Crippen molar-refractivity contribution in [3.8, 4) is 6.07 Å². The molecule has 0 aliphatic carbocycles.